The Balaban J connectivity index is 1.70. The third-order valence-electron chi connectivity index (χ3n) is 5.69. The number of esters is 1. The topological polar surface area (TPSA) is 52.6 Å². The van der Waals surface area contributed by atoms with Crippen LogP contribution < -0.4 is 4.74 Å². The lowest BCUT2D eigenvalue weighted by molar-refractivity contribution is -0.145. The molecule has 0 aliphatic heterocycles. The average Bonchev–Trinajstić information content (AvgIpc) is 3.26. The van der Waals surface area contributed by atoms with Crippen molar-refractivity contribution in [3.63, 3.8) is 0 Å². The van der Waals surface area contributed by atoms with Gasteiger partial charge in [-0.05, 0) is 79.3 Å². The molecular formula is C28H29F3O4S. The van der Waals surface area contributed by atoms with E-state index in [-0.39, 0.29) is 24.9 Å². The van der Waals surface area contributed by atoms with Gasteiger partial charge in [0.1, 0.15) is 5.75 Å². The standard InChI is InChI=1S/C28H29F3O4S/c1-5-34-27(33)16-35-24-12-8-20(14-18(24)4)23(32)11-13-25-22(17(2)3)15-26(36-25)19-6-9-21(10-7-19)28(29,30)31/h6-10,12,14-15,17H,5,11,13,16H2,1-4H3. The maximum atomic E-state index is 12.9. The van der Waals surface area contributed by atoms with Crippen molar-refractivity contribution >= 4 is 23.1 Å². The summed E-state index contributed by atoms with van der Waals surface area (Å²) in [5.74, 6) is 0.257. The minimum atomic E-state index is -4.37. The molecule has 0 amide bonds. The van der Waals surface area contributed by atoms with E-state index in [1.165, 1.54) is 23.5 Å². The van der Waals surface area contributed by atoms with Crippen molar-refractivity contribution in [2.75, 3.05) is 13.2 Å². The predicted octanol–water partition coefficient (Wildman–Crippen LogP) is 7.62. The molecule has 0 fully saturated rings. The summed E-state index contributed by atoms with van der Waals surface area (Å²) in [5.41, 5.74) is 2.45. The minimum absolute atomic E-state index is 0.0192. The van der Waals surface area contributed by atoms with Crippen LogP contribution in [0.5, 0.6) is 5.75 Å². The number of hydrogen-bond acceptors (Lipinski definition) is 5. The number of benzene rings is 2. The third-order valence-corrected chi connectivity index (χ3v) is 6.95. The summed E-state index contributed by atoms with van der Waals surface area (Å²) in [7, 11) is 0. The third kappa shape index (κ3) is 6.97. The Kier molecular flexibility index (Phi) is 8.95. The smallest absolute Gasteiger partial charge is 0.416 e. The molecule has 0 atom stereocenters. The van der Waals surface area contributed by atoms with Gasteiger partial charge < -0.3 is 9.47 Å². The number of halogens is 3. The van der Waals surface area contributed by atoms with E-state index in [4.69, 9.17) is 9.47 Å². The Morgan fingerprint density at radius 1 is 1.03 bits per heavy atom. The quantitative estimate of drug-likeness (QED) is 0.205. The van der Waals surface area contributed by atoms with Gasteiger partial charge in [-0.1, -0.05) is 26.0 Å². The molecule has 0 saturated carbocycles. The van der Waals surface area contributed by atoms with Crippen molar-refractivity contribution in [1.29, 1.82) is 0 Å². The maximum Gasteiger partial charge on any atom is 0.416 e. The van der Waals surface area contributed by atoms with Crippen molar-refractivity contribution in [3.8, 4) is 16.2 Å². The van der Waals surface area contributed by atoms with Gasteiger partial charge >= 0.3 is 12.1 Å². The molecule has 0 spiro atoms. The molecule has 0 bridgehead atoms. The number of carbonyl (C=O) groups excluding carboxylic acids is 2. The molecule has 8 heteroatoms. The molecule has 36 heavy (non-hydrogen) atoms. The Morgan fingerprint density at radius 3 is 2.31 bits per heavy atom. The maximum absolute atomic E-state index is 12.9. The molecule has 1 heterocycles. The van der Waals surface area contributed by atoms with E-state index in [0.29, 0.717) is 24.2 Å². The zero-order valence-corrected chi connectivity index (χ0v) is 21.5. The van der Waals surface area contributed by atoms with Gasteiger partial charge in [-0.2, -0.15) is 13.2 Å². The second kappa shape index (κ2) is 11.7. The molecule has 3 aromatic rings. The van der Waals surface area contributed by atoms with Crippen LogP contribution in [0.3, 0.4) is 0 Å². The highest BCUT2D eigenvalue weighted by atomic mass is 32.1. The Morgan fingerprint density at radius 2 is 1.72 bits per heavy atom. The second-order valence-corrected chi connectivity index (χ2v) is 9.85. The Hall–Kier alpha value is -3.13. The fourth-order valence-corrected chi connectivity index (χ4v) is 5.11. The van der Waals surface area contributed by atoms with Crippen molar-refractivity contribution in [1.82, 2.24) is 0 Å². The van der Waals surface area contributed by atoms with Crippen molar-refractivity contribution < 1.29 is 32.2 Å². The minimum Gasteiger partial charge on any atom is -0.482 e. The van der Waals surface area contributed by atoms with Gasteiger partial charge in [0.15, 0.2) is 12.4 Å². The first-order valence-corrected chi connectivity index (χ1v) is 12.5. The van der Waals surface area contributed by atoms with E-state index in [2.05, 4.69) is 13.8 Å². The number of ketones is 1. The van der Waals surface area contributed by atoms with E-state index in [9.17, 15) is 22.8 Å². The molecule has 0 aliphatic rings. The van der Waals surface area contributed by atoms with E-state index in [1.807, 2.05) is 13.0 Å². The zero-order chi connectivity index (χ0) is 26.5. The van der Waals surface area contributed by atoms with Gasteiger partial charge in [0.05, 0.1) is 12.2 Å². The monoisotopic (exact) mass is 518 g/mol. The van der Waals surface area contributed by atoms with Crippen LogP contribution in [-0.2, 0) is 22.1 Å². The van der Waals surface area contributed by atoms with E-state index in [0.717, 1.165) is 38.6 Å². The SMILES string of the molecule is CCOC(=O)COc1ccc(C(=O)CCc2sc(-c3ccc(C(F)(F)F)cc3)cc2C(C)C)cc1C. The van der Waals surface area contributed by atoms with Crippen LogP contribution in [0.4, 0.5) is 13.2 Å². The molecule has 0 N–H and O–H groups in total. The molecule has 1 aromatic heterocycles. The Bertz CT molecular complexity index is 1210. The first-order chi connectivity index (χ1) is 17.0. The largest absolute Gasteiger partial charge is 0.482 e. The summed E-state index contributed by atoms with van der Waals surface area (Å²) in [6.45, 7) is 7.73. The van der Waals surface area contributed by atoms with Crippen LogP contribution >= 0.6 is 11.3 Å². The van der Waals surface area contributed by atoms with E-state index >= 15 is 0 Å². The van der Waals surface area contributed by atoms with Crippen LogP contribution in [0.15, 0.2) is 48.5 Å². The molecule has 0 saturated heterocycles. The molecule has 2 aromatic carbocycles. The summed E-state index contributed by atoms with van der Waals surface area (Å²) in [6.07, 6.45) is -3.53. The fraction of sp³-hybridized carbons (Fsp3) is 0.357. The molecule has 4 nitrogen and oxygen atoms in total. The number of thiophene rings is 1. The highest BCUT2D eigenvalue weighted by Gasteiger charge is 2.30. The lowest BCUT2D eigenvalue weighted by Crippen LogP contribution is -2.15. The van der Waals surface area contributed by atoms with Crippen LogP contribution in [0.2, 0.25) is 0 Å². The highest BCUT2D eigenvalue weighted by Crippen LogP contribution is 2.37. The van der Waals surface area contributed by atoms with Crippen LogP contribution in [0.1, 0.15) is 65.0 Å². The first kappa shape index (κ1) is 27.5. The normalized spacial score (nSPS) is 11.6. The summed E-state index contributed by atoms with van der Waals surface area (Å²) >= 11 is 1.51. The van der Waals surface area contributed by atoms with Crippen LogP contribution in [0, 0.1) is 6.92 Å². The van der Waals surface area contributed by atoms with Crippen molar-refractivity contribution in [2.45, 2.75) is 52.6 Å². The fourth-order valence-electron chi connectivity index (χ4n) is 3.79. The summed E-state index contributed by atoms with van der Waals surface area (Å²) < 4.78 is 49.0. The number of hydrogen-bond donors (Lipinski definition) is 0. The van der Waals surface area contributed by atoms with Gasteiger partial charge in [-0.3, -0.25) is 4.79 Å². The first-order valence-electron chi connectivity index (χ1n) is 11.7. The van der Waals surface area contributed by atoms with Gasteiger partial charge in [-0.25, -0.2) is 4.79 Å². The second-order valence-electron chi connectivity index (χ2n) is 8.72. The molecule has 0 unspecified atom stereocenters. The number of carbonyl (C=O) groups is 2. The van der Waals surface area contributed by atoms with Gasteiger partial charge in [0.25, 0.3) is 0 Å². The summed E-state index contributed by atoms with van der Waals surface area (Å²) in [5, 5.41) is 0. The molecule has 0 radical (unpaired) electrons. The van der Waals surface area contributed by atoms with Gasteiger partial charge in [0.2, 0.25) is 0 Å². The Labute approximate surface area is 213 Å². The predicted molar refractivity (Wildman–Crippen MR) is 135 cm³/mol. The van der Waals surface area contributed by atoms with E-state index < -0.39 is 17.7 Å². The lowest BCUT2D eigenvalue weighted by Gasteiger charge is -2.10. The zero-order valence-electron chi connectivity index (χ0n) is 20.7. The highest BCUT2D eigenvalue weighted by molar-refractivity contribution is 7.15. The lowest BCUT2D eigenvalue weighted by atomic mass is 9.98. The van der Waals surface area contributed by atoms with Gasteiger partial charge in [0, 0.05) is 21.7 Å². The number of ether oxygens (including phenoxy) is 2. The summed E-state index contributed by atoms with van der Waals surface area (Å²) in [6, 6.07) is 12.3. The number of rotatable bonds is 10. The number of alkyl halides is 3. The van der Waals surface area contributed by atoms with Crippen molar-refractivity contribution in [2.24, 2.45) is 0 Å². The molecular weight excluding hydrogens is 489 g/mol. The van der Waals surface area contributed by atoms with E-state index in [1.54, 1.807) is 25.1 Å². The van der Waals surface area contributed by atoms with Crippen LogP contribution in [-0.4, -0.2) is 25.0 Å². The number of Topliss-reactive ketones (excluding diaryl/α,β-unsaturated/α-hetero) is 1. The summed E-state index contributed by atoms with van der Waals surface area (Å²) in [4.78, 5) is 26.3. The molecule has 3 rings (SSSR count). The molecule has 192 valence electrons. The van der Waals surface area contributed by atoms with Crippen LogP contribution in [0.25, 0.3) is 10.4 Å². The van der Waals surface area contributed by atoms with Crippen molar-refractivity contribution in [3.05, 3.63) is 75.7 Å². The number of aryl methyl sites for hydroxylation is 2. The molecule has 0 aliphatic carbocycles. The average molecular weight is 519 g/mol. The van der Waals surface area contributed by atoms with Gasteiger partial charge in [-0.15, -0.1) is 11.3 Å².